The van der Waals surface area contributed by atoms with Crippen LogP contribution in [0.2, 0.25) is 0 Å². The number of piperazine rings is 1. The van der Waals surface area contributed by atoms with Crippen LogP contribution in [-0.2, 0) is 9.53 Å². The molecule has 1 radical (unpaired) electrons. The van der Waals surface area contributed by atoms with Gasteiger partial charge in [0, 0.05) is 32.8 Å². The second-order valence-corrected chi connectivity index (χ2v) is 3.24. The second kappa shape index (κ2) is 5.32. The van der Waals surface area contributed by atoms with E-state index in [1.54, 1.807) is 0 Å². The Labute approximate surface area is 79.4 Å². The highest BCUT2D eigenvalue weighted by Crippen LogP contribution is 2.04. The number of rotatable bonds is 4. The van der Waals surface area contributed by atoms with Crippen molar-refractivity contribution in [2.75, 3.05) is 39.8 Å². The molecule has 1 aliphatic heterocycles. The van der Waals surface area contributed by atoms with Crippen molar-refractivity contribution >= 4 is 6.29 Å². The van der Waals surface area contributed by atoms with Crippen molar-refractivity contribution in [1.29, 1.82) is 0 Å². The highest BCUT2D eigenvalue weighted by atomic mass is 16.5. The van der Waals surface area contributed by atoms with E-state index in [4.69, 9.17) is 4.74 Å². The van der Waals surface area contributed by atoms with Crippen molar-refractivity contribution in [3.63, 3.8) is 0 Å². The molecule has 0 spiro atoms. The predicted octanol–water partition coefficient (Wildman–Crippen LogP) is -0.391. The lowest BCUT2D eigenvalue weighted by Gasteiger charge is -2.35. The van der Waals surface area contributed by atoms with Gasteiger partial charge >= 0.3 is 0 Å². The molecule has 0 amide bonds. The van der Waals surface area contributed by atoms with Crippen LogP contribution in [0.1, 0.15) is 0 Å². The molecule has 0 N–H and O–H groups in total. The van der Waals surface area contributed by atoms with E-state index < -0.39 is 6.23 Å². The molecule has 0 saturated carbocycles. The van der Waals surface area contributed by atoms with Crippen molar-refractivity contribution in [2.45, 2.75) is 6.23 Å². The molecule has 1 fully saturated rings. The molecule has 0 aliphatic carbocycles. The molecule has 4 nitrogen and oxygen atoms in total. The summed E-state index contributed by atoms with van der Waals surface area (Å²) in [5.74, 6) is 0. The molecule has 75 valence electrons. The van der Waals surface area contributed by atoms with E-state index in [1.165, 1.54) is 0 Å². The normalized spacial score (nSPS) is 22.9. The van der Waals surface area contributed by atoms with Crippen molar-refractivity contribution in [3.05, 3.63) is 6.92 Å². The predicted molar refractivity (Wildman–Crippen MR) is 50.2 cm³/mol. The maximum Gasteiger partial charge on any atom is 0.167 e. The third kappa shape index (κ3) is 3.06. The maximum atomic E-state index is 10.7. The van der Waals surface area contributed by atoms with Gasteiger partial charge in [-0.05, 0) is 14.0 Å². The highest BCUT2D eigenvalue weighted by molar-refractivity contribution is 5.55. The number of hydrogen-bond donors (Lipinski definition) is 0. The molecule has 0 aromatic rings. The van der Waals surface area contributed by atoms with Gasteiger partial charge in [0.25, 0.3) is 0 Å². The summed E-state index contributed by atoms with van der Waals surface area (Å²) in [7, 11) is 2.08. The van der Waals surface area contributed by atoms with E-state index in [9.17, 15) is 4.79 Å². The molecule has 0 aromatic carbocycles. The third-order valence-corrected chi connectivity index (χ3v) is 2.30. The third-order valence-electron chi connectivity index (χ3n) is 2.30. The SMILES string of the molecule is [CH2]COC(C=O)N1CCN(C)CC1. The first kappa shape index (κ1) is 10.6. The van der Waals surface area contributed by atoms with Crippen LogP contribution in [0.25, 0.3) is 0 Å². The molecule has 0 bridgehead atoms. The number of ether oxygens (including phenoxy) is 1. The van der Waals surface area contributed by atoms with E-state index >= 15 is 0 Å². The molecule has 0 aromatic heterocycles. The molecule has 1 rings (SSSR count). The highest BCUT2D eigenvalue weighted by Gasteiger charge is 2.21. The molecular weight excluding hydrogens is 168 g/mol. The summed E-state index contributed by atoms with van der Waals surface area (Å²) < 4.78 is 5.19. The standard InChI is InChI=1S/C9H17N2O2/c1-3-13-9(8-12)11-6-4-10(2)5-7-11/h8-9H,1,3-7H2,2H3. The fourth-order valence-electron chi connectivity index (χ4n) is 1.43. The lowest BCUT2D eigenvalue weighted by Crippen LogP contribution is -2.50. The fraction of sp³-hybridized carbons (Fsp3) is 0.778. The second-order valence-electron chi connectivity index (χ2n) is 3.24. The average Bonchev–Trinajstić information content (AvgIpc) is 2.16. The van der Waals surface area contributed by atoms with Gasteiger partial charge in [-0.25, -0.2) is 0 Å². The van der Waals surface area contributed by atoms with E-state index in [-0.39, 0.29) is 0 Å². The summed E-state index contributed by atoms with van der Waals surface area (Å²) in [5.41, 5.74) is 0. The molecular formula is C9H17N2O2. The molecule has 1 saturated heterocycles. The van der Waals surface area contributed by atoms with E-state index in [0.717, 1.165) is 32.5 Å². The Morgan fingerprint density at radius 3 is 2.54 bits per heavy atom. The molecule has 1 atom stereocenters. The van der Waals surface area contributed by atoms with Gasteiger partial charge in [-0.2, -0.15) is 0 Å². The molecule has 1 aliphatic rings. The van der Waals surface area contributed by atoms with Crippen LogP contribution in [0.4, 0.5) is 0 Å². The van der Waals surface area contributed by atoms with Crippen molar-refractivity contribution < 1.29 is 9.53 Å². The van der Waals surface area contributed by atoms with Gasteiger partial charge < -0.3 is 9.64 Å². The number of nitrogens with zero attached hydrogens (tertiary/aromatic N) is 2. The van der Waals surface area contributed by atoms with Crippen molar-refractivity contribution in [3.8, 4) is 0 Å². The van der Waals surface area contributed by atoms with Crippen LogP contribution in [0.5, 0.6) is 0 Å². The van der Waals surface area contributed by atoms with Gasteiger partial charge in [-0.15, -0.1) is 0 Å². The Morgan fingerprint density at radius 1 is 1.46 bits per heavy atom. The van der Waals surface area contributed by atoms with Gasteiger partial charge in [0.15, 0.2) is 12.5 Å². The van der Waals surface area contributed by atoms with E-state index in [0.29, 0.717) is 6.61 Å². The summed E-state index contributed by atoms with van der Waals surface area (Å²) in [6.07, 6.45) is 0.447. The topological polar surface area (TPSA) is 32.8 Å². The Bertz CT molecular complexity index is 156. The van der Waals surface area contributed by atoms with Crippen LogP contribution < -0.4 is 0 Å². The van der Waals surface area contributed by atoms with Crippen LogP contribution in [0.15, 0.2) is 0 Å². The summed E-state index contributed by atoms with van der Waals surface area (Å²) in [5, 5.41) is 0. The number of hydrogen-bond acceptors (Lipinski definition) is 4. The minimum atomic E-state index is -0.397. The Hall–Kier alpha value is -0.450. The summed E-state index contributed by atoms with van der Waals surface area (Å²) >= 11 is 0. The Balaban J connectivity index is 2.36. The van der Waals surface area contributed by atoms with Crippen molar-refractivity contribution in [2.24, 2.45) is 0 Å². The lowest BCUT2D eigenvalue weighted by atomic mass is 10.3. The van der Waals surface area contributed by atoms with Gasteiger partial charge in [-0.1, -0.05) is 0 Å². The zero-order valence-corrected chi connectivity index (χ0v) is 8.11. The summed E-state index contributed by atoms with van der Waals surface area (Å²) in [4.78, 5) is 14.9. The van der Waals surface area contributed by atoms with Crippen LogP contribution >= 0.6 is 0 Å². The minimum Gasteiger partial charge on any atom is -0.356 e. The zero-order chi connectivity index (χ0) is 9.68. The van der Waals surface area contributed by atoms with E-state index in [1.807, 2.05) is 4.90 Å². The number of likely N-dealkylation sites (N-methyl/N-ethyl adjacent to an activating group) is 1. The quantitative estimate of drug-likeness (QED) is 0.558. The van der Waals surface area contributed by atoms with Gasteiger partial charge in [-0.3, -0.25) is 9.69 Å². The van der Waals surface area contributed by atoms with E-state index in [2.05, 4.69) is 18.9 Å². The monoisotopic (exact) mass is 185 g/mol. The first-order chi connectivity index (χ1) is 6.27. The van der Waals surface area contributed by atoms with Gasteiger partial charge in [0.1, 0.15) is 0 Å². The average molecular weight is 185 g/mol. The number of carbonyl (C=O) groups excluding carboxylic acids is 1. The molecule has 1 heterocycles. The minimum absolute atomic E-state index is 0.343. The fourth-order valence-corrected chi connectivity index (χ4v) is 1.43. The Morgan fingerprint density at radius 2 is 2.08 bits per heavy atom. The molecule has 4 heteroatoms. The van der Waals surface area contributed by atoms with Crippen LogP contribution in [0.3, 0.4) is 0 Å². The smallest absolute Gasteiger partial charge is 0.167 e. The number of aldehydes is 1. The zero-order valence-electron chi connectivity index (χ0n) is 8.11. The first-order valence-corrected chi connectivity index (χ1v) is 4.56. The molecule has 13 heavy (non-hydrogen) atoms. The van der Waals surface area contributed by atoms with Gasteiger partial charge in [0.05, 0.1) is 0 Å². The Kier molecular flexibility index (Phi) is 4.35. The summed E-state index contributed by atoms with van der Waals surface area (Å²) in [6.45, 7) is 7.67. The summed E-state index contributed by atoms with van der Waals surface area (Å²) in [6, 6.07) is 0. The van der Waals surface area contributed by atoms with Crippen molar-refractivity contribution in [1.82, 2.24) is 9.80 Å². The molecule has 1 unspecified atom stereocenters. The first-order valence-electron chi connectivity index (χ1n) is 4.56. The van der Waals surface area contributed by atoms with Crippen LogP contribution in [-0.4, -0.2) is 62.1 Å². The maximum absolute atomic E-state index is 10.7. The lowest BCUT2D eigenvalue weighted by molar-refractivity contribution is -0.132. The largest absolute Gasteiger partial charge is 0.356 e. The number of carbonyl (C=O) groups is 1. The van der Waals surface area contributed by atoms with Gasteiger partial charge in [0.2, 0.25) is 0 Å². The van der Waals surface area contributed by atoms with Crippen LogP contribution in [0, 0.1) is 6.92 Å².